The summed E-state index contributed by atoms with van der Waals surface area (Å²) in [6.45, 7) is 0.248. The normalized spacial score (nSPS) is 18.2. The molecule has 168 valence electrons. The maximum atomic E-state index is 12.9. The summed E-state index contributed by atoms with van der Waals surface area (Å²) in [4.78, 5) is 26.6. The van der Waals surface area contributed by atoms with Crippen LogP contribution in [0.1, 0.15) is 43.2 Å². The van der Waals surface area contributed by atoms with Crippen LogP contribution < -0.4 is 14.8 Å². The van der Waals surface area contributed by atoms with Gasteiger partial charge in [-0.2, -0.15) is 0 Å². The Morgan fingerprint density at radius 2 is 1.84 bits per heavy atom. The molecule has 0 spiro atoms. The van der Waals surface area contributed by atoms with E-state index >= 15 is 0 Å². The van der Waals surface area contributed by atoms with Crippen molar-refractivity contribution in [3.05, 3.63) is 63.3 Å². The molecule has 8 heteroatoms. The third kappa shape index (κ3) is 4.87. The second kappa shape index (κ2) is 9.84. The smallest absolute Gasteiger partial charge is 0.329 e. The van der Waals surface area contributed by atoms with E-state index in [-0.39, 0.29) is 30.3 Å². The molecule has 0 atom stereocenters. The number of urea groups is 1. The van der Waals surface area contributed by atoms with E-state index in [1.807, 2.05) is 6.07 Å². The molecular formula is C24H24Cl2N2O4. The first-order chi connectivity index (χ1) is 15.5. The number of ether oxygens (including phenoxy) is 2. The average Bonchev–Trinajstić information content (AvgIpc) is 3.07. The number of nitrogens with zero attached hydrogens (tertiary/aromatic N) is 1. The van der Waals surface area contributed by atoms with Gasteiger partial charge in [0.05, 0.1) is 7.11 Å². The molecular weight excluding hydrogens is 451 g/mol. The Kier molecular flexibility index (Phi) is 6.92. The molecule has 0 bridgehead atoms. The molecule has 32 heavy (non-hydrogen) atoms. The van der Waals surface area contributed by atoms with Gasteiger partial charge in [-0.1, -0.05) is 54.6 Å². The number of hydrogen-bond acceptors (Lipinski definition) is 4. The number of amides is 3. The van der Waals surface area contributed by atoms with Crippen molar-refractivity contribution in [3.8, 4) is 11.5 Å². The fourth-order valence-electron chi connectivity index (χ4n) is 4.07. The van der Waals surface area contributed by atoms with E-state index in [0.29, 0.717) is 27.1 Å². The Bertz CT molecular complexity index is 1060. The summed E-state index contributed by atoms with van der Waals surface area (Å²) in [6, 6.07) is 10.2. The number of carbonyl (C=O) groups is 2. The van der Waals surface area contributed by atoms with Crippen LogP contribution in [0.15, 0.2) is 42.1 Å². The minimum atomic E-state index is -0.347. The van der Waals surface area contributed by atoms with E-state index < -0.39 is 0 Å². The Morgan fingerprint density at radius 1 is 1.06 bits per heavy atom. The van der Waals surface area contributed by atoms with Gasteiger partial charge in [-0.25, -0.2) is 4.79 Å². The van der Waals surface area contributed by atoms with Crippen molar-refractivity contribution in [3.63, 3.8) is 0 Å². The molecule has 4 rings (SSSR count). The number of imide groups is 1. The summed E-state index contributed by atoms with van der Waals surface area (Å²) < 4.78 is 11.3. The molecule has 0 radical (unpaired) electrons. The van der Waals surface area contributed by atoms with Crippen molar-refractivity contribution in [2.24, 2.45) is 0 Å². The van der Waals surface area contributed by atoms with Crippen LogP contribution in [0, 0.1) is 0 Å². The summed E-state index contributed by atoms with van der Waals surface area (Å²) in [7, 11) is 1.54. The highest BCUT2D eigenvalue weighted by Gasteiger charge is 2.38. The zero-order valence-corrected chi connectivity index (χ0v) is 19.2. The summed E-state index contributed by atoms with van der Waals surface area (Å²) in [5, 5.41) is 3.79. The van der Waals surface area contributed by atoms with E-state index in [9.17, 15) is 9.59 Å². The Labute approximate surface area is 197 Å². The van der Waals surface area contributed by atoms with Crippen molar-refractivity contribution < 1.29 is 19.1 Å². The molecule has 3 amide bonds. The van der Waals surface area contributed by atoms with Crippen LogP contribution in [-0.4, -0.2) is 30.0 Å². The van der Waals surface area contributed by atoms with E-state index in [4.69, 9.17) is 32.7 Å². The highest BCUT2D eigenvalue weighted by molar-refractivity contribution is 6.35. The second-order valence-electron chi connectivity index (χ2n) is 7.89. The number of carbonyl (C=O) groups excluding carboxylic acids is 2. The van der Waals surface area contributed by atoms with Gasteiger partial charge in [0, 0.05) is 21.7 Å². The summed E-state index contributed by atoms with van der Waals surface area (Å²) >= 11 is 12.1. The number of methoxy groups -OCH3 is 1. The minimum Gasteiger partial charge on any atom is -0.493 e. The molecule has 2 aromatic carbocycles. The van der Waals surface area contributed by atoms with Crippen LogP contribution in [0.5, 0.6) is 11.5 Å². The van der Waals surface area contributed by atoms with Crippen LogP contribution in [0.3, 0.4) is 0 Å². The van der Waals surface area contributed by atoms with Crippen LogP contribution in [0.4, 0.5) is 4.79 Å². The van der Waals surface area contributed by atoms with Crippen LogP contribution in [-0.2, 0) is 11.4 Å². The number of benzene rings is 2. The van der Waals surface area contributed by atoms with E-state index in [2.05, 4.69) is 5.32 Å². The first-order valence-electron chi connectivity index (χ1n) is 10.6. The number of nitrogens with one attached hydrogen (secondary N) is 1. The van der Waals surface area contributed by atoms with Crippen molar-refractivity contribution in [1.82, 2.24) is 10.2 Å². The van der Waals surface area contributed by atoms with Gasteiger partial charge >= 0.3 is 6.03 Å². The van der Waals surface area contributed by atoms with Gasteiger partial charge in [0.1, 0.15) is 12.3 Å². The zero-order chi connectivity index (χ0) is 22.7. The molecule has 6 nitrogen and oxygen atoms in total. The van der Waals surface area contributed by atoms with Crippen LogP contribution >= 0.6 is 23.2 Å². The molecule has 0 unspecified atom stereocenters. The predicted octanol–water partition coefficient (Wildman–Crippen LogP) is 5.81. The van der Waals surface area contributed by atoms with Crippen molar-refractivity contribution in [1.29, 1.82) is 0 Å². The molecule has 2 aromatic rings. The van der Waals surface area contributed by atoms with Gasteiger partial charge in [-0.15, -0.1) is 0 Å². The molecule has 1 heterocycles. The van der Waals surface area contributed by atoms with Gasteiger partial charge < -0.3 is 14.8 Å². The summed E-state index contributed by atoms with van der Waals surface area (Å²) in [5.41, 5.74) is 1.78. The van der Waals surface area contributed by atoms with Crippen LogP contribution in [0.2, 0.25) is 10.0 Å². The predicted molar refractivity (Wildman–Crippen MR) is 124 cm³/mol. The quantitative estimate of drug-likeness (QED) is 0.423. The zero-order valence-electron chi connectivity index (χ0n) is 17.7. The lowest BCUT2D eigenvalue weighted by molar-refractivity contribution is -0.124. The first-order valence-corrected chi connectivity index (χ1v) is 11.3. The molecule has 0 aromatic heterocycles. The fourth-order valence-corrected chi connectivity index (χ4v) is 4.54. The highest BCUT2D eigenvalue weighted by Crippen LogP contribution is 2.32. The SMILES string of the molecule is COc1cc(/C=C2\NC(=O)N(C3CCCCC3)C2=O)ccc1OCc1ccc(Cl)cc1Cl. The number of halogens is 2. The molecule has 1 saturated heterocycles. The second-order valence-corrected chi connectivity index (χ2v) is 8.73. The minimum absolute atomic E-state index is 0.0212. The van der Waals surface area contributed by atoms with Gasteiger partial charge in [0.25, 0.3) is 5.91 Å². The Balaban J connectivity index is 1.49. The van der Waals surface area contributed by atoms with Crippen molar-refractivity contribution >= 4 is 41.2 Å². The number of rotatable bonds is 6. The van der Waals surface area contributed by atoms with Crippen molar-refractivity contribution in [2.45, 2.75) is 44.8 Å². The van der Waals surface area contributed by atoms with Gasteiger partial charge in [-0.05, 0) is 48.7 Å². The lowest BCUT2D eigenvalue weighted by atomic mass is 9.94. The summed E-state index contributed by atoms with van der Waals surface area (Å²) in [6.07, 6.45) is 6.63. The van der Waals surface area contributed by atoms with E-state index in [1.54, 1.807) is 43.5 Å². The van der Waals surface area contributed by atoms with Crippen LogP contribution in [0.25, 0.3) is 6.08 Å². The Hall–Kier alpha value is -2.70. The summed E-state index contributed by atoms with van der Waals surface area (Å²) in [5.74, 6) is 0.759. The molecule has 2 aliphatic rings. The van der Waals surface area contributed by atoms with E-state index in [0.717, 1.165) is 37.7 Å². The van der Waals surface area contributed by atoms with Gasteiger partial charge in [0.2, 0.25) is 0 Å². The lowest BCUT2D eigenvalue weighted by Crippen LogP contribution is -2.41. The standard InChI is InChI=1S/C24H24Cl2N2O4/c1-31-22-12-15(7-10-21(22)32-14-16-8-9-17(25)13-19(16)26)11-20-23(29)28(24(30)27-20)18-5-3-2-4-6-18/h7-13,18H,2-6,14H2,1H3,(H,27,30)/b20-11-. The molecule has 1 aliphatic carbocycles. The van der Waals surface area contributed by atoms with Crippen molar-refractivity contribution in [2.75, 3.05) is 7.11 Å². The molecule has 2 fully saturated rings. The topological polar surface area (TPSA) is 67.9 Å². The fraction of sp³-hybridized carbons (Fsp3) is 0.333. The first kappa shape index (κ1) is 22.5. The largest absolute Gasteiger partial charge is 0.493 e. The van der Waals surface area contributed by atoms with E-state index in [1.165, 1.54) is 4.90 Å². The molecule has 1 N–H and O–H groups in total. The molecule has 1 saturated carbocycles. The monoisotopic (exact) mass is 474 g/mol. The molecule has 1 aliphatic heterocycles. The maximum Gasteiger partial charge on any atom is 0.329 e. The number of hydrogen-bond donors (Lipinski definition) is 1. The lowest BCUT2D eigenvalue weighted by Gasteiger charge is -2.28. The van der Waals surface area contributed by atoms with Gasteiger partial charge in [0.15, 0.2) is 11.5 Å². The maximum absolute atomic E-state index is 12.9. The third-order valence-corrected chi connectivity index (χ3v) is 6.33. The Morgan fingerprint density at radius 3 is 2.56 bits per heavy atom. The highest BCUT2D eigenvalue weighted by atomic mass is 35.5. The van der Waals surface area contributed by atoms with Gasteiger partial charge in [-0.3, -0.25) is 9.69 Å². The third-order valence-electron chi connectivity index (χ3n) is 5.75. The average molecular weight is 475 g/mol.